The molecule has 7 nitrogen and oxygen atoms in total. The lowest BCUT2D eigenvalue weighted by Gasteiger charge is -2.35. The Kier molecular flexibility index (Phi) is 8.72. The van der Waals surface area contributed by atoms with E-state index in [4.69, 9.17) is 4.74 Å². The Morgan fingerprint density at radius 2 is 1.89 bits per heavy atom. The first-order valence-corrected chi connectivity index (χ1v) is 11.5. The number of guanidine groups is 1. The second-order valence-electron chi connectivity index (χ2n) is 7.27. The predicted octanol–water partition coefficient (Wildman–Crippen LogP) is 1.49. The molecular weight excluding hydrogens is 376 g/mol. The minimum atomic E-state index is -3.27. The van der Waals surface area contributed by atoms with E-state index in [0.29, 0.717) is 26.2 Å². The molecule has 0 aromatic heterocycles. The first-order chi connectivity index (χ1) is 13.3. The van der Waals surface area contributed by atoms with Crippen molar-refractivity contribution in [2.75, 3.05) is 52.1 Å². The Morgan fingerprint density at radius 3 is 2.50 bits per heavy atom. The van der Waals surface area contributed by atoms with E-state index in [1.54, 1.807) is 11.4 Å². The predicted molar refractivity (Wildman–Crippen MR) is 114 cm³/mol. The molecule has 28 heavy (non-hydrogen) atoms. The number of ether oxygens (including phenoxy) is 1. The Morgan fingerprint density at radius 1 is 1.21 bits per heavy atom. The van der Waals surface area contributed by atoms with Gasteiger partial charge in [0.05, 0.1) is 18.5 Å². The molecule has 0 amide bonds. The molecule has 1 aromatic carbocycles. The Labute approximate surface area is 169 Å². The molecule has 1 aromatic rings. The number of aliphatic imine (C=N–C) groups is 1. The van der Waals surface area contributed by atoms with Crippen LogP contribution >= 0.6 is 0 Å². The number of sulfonamides is 1. The molecule has 0 spiro atoms. The molecule has 1 heterocycles. The largest absolute Gasteiger partial charge is 0.378 e. The molecule has 0 aliphatic carbocycles. The van der Waals surface area contributed by atoms with Crippen molar-refractivity contribution in [2.45, 2.75) is 33.3 Å². The maximum atomic E-state index is 12.5. The van der Waals surface area contributed by atoms with Crippen LogP contribution in [0, 0.1) is 6.92 Å². The highest BCUT2D eigenvalue weighted by Crippen LogP contribution is 2.10. The quantitative estimate of drug-likeness (QED) is 0.519. The number of aryl methyl sites for hydroxylation is 1. The highest BCUT2D eigenvalue weighted by molar-refractivity contribution is 7.89. The maximum absolute atomic E-state index is 12.5. The van der Waals surface area contributed by atoms with Crippen molar-refractivity contribution in [2.24, 2.45) is 4.99 Å². The van der Waals surface area contributed by atoms with Crippen LogP contribution in [0.15, 0.2) is 29.3 Å². The van der Waals surface area contributed by atoms with Gasteiger partial charge in [-0.05, 0) is 38.3 Å². The summed E-state index contributed by atoms with van der Waals surface area (Å²) in [5, 5.41) is 3.40. The fraction of sp³-hybridized carbons (Fsp3) is 0.650. The van der Waals surface area contributed by atoms with Gasteiger partial charge in [-0.3, -0.25) is 4.99 Å². The zero-order valence-electron chi connectivity index (χ0n) is 17.5. The number of nitrogens with zero attached hydrogens (tertiary/aromatic N) is 3. The molecule has 0 saturated carbocycles. The SMILES string of the molecule is CN=C(NCCc1ccccc1C)N1CCN(S(=O)(=O)CCOC(C)C)CC1. The molecule has 0 radical (unpaired) electrons. The summed E-state index contributed by atoms with van der Waals surface area (Å²) >= 11 is 0. The number of hydrogen-bond donors (Lipinski definition) is 1. The van der Waals surface area contributed by atoms with Crippen molar-refractivity contribution in [1.29, 1.82) is 0 Å². The van der Waals surface area contributed by atoms with Gasteiger partial charge in [0.15, 0.2) is 5.96 Å². The van der Waals surface area contributed by atoms with E-state index in [0.717, 1.165) is 18.9 Å². The summed E-state index contributed by atoms with van der Waals surface area (Å²) in [6, 6.07) is 8.37. The minimum absolute atomic E-state index is 0.0363. The monoisotopic (exact) mass is 410 g/mol. The molecule has 1 aliphatic rings. The zero-order valence-corrected chi connectivity index (χ0v) is 18.3. The molecular formula is C20H34N4O3S. The van der Waals surface area contributed by atoms with E-state index in [1.165, 1.54) is 11.1 Å². The maximum Gasteiger partial charge on any atom is 0.216 e. The minimum Gasteiger partial charge on any atom is -0.378 e. The molecule has 8 heteroatoms. The van der Waals surface area contributed by atoms with Gasteiger partial charge in [0.25, 0.3) is 0 Å². The Bertz CT molecular complexity index is 742. The Balaban J connectivity index is 1.79. The number of benzene rings is 1. The van der Waals surface area contributed by atoms with Gasteiger partial charge in [0, 0.05) is 39.8 Å². The van der Waals surface area contributed by atoms with Crippen LogP contribution in [0.2, 0.25) is 0 Å². The van der Waals surface area contributed by atoms with E-state index in [9.17, 15) is 8.42 Å². The summed E-state index contributed by atoms with van der Waals surface area (Å²) in [4.78, 5) is 6.48. The number of rotatable bonds is 8. The van der Waals surface area contributed by atoms with E-state index >= 15 is 0 Å². The standard InChI is InChI=1S/C20H34N4O3S/c1-17(2)27-15-16-28(25,26)24-13-11-23(12-14-24)20(21-4)22-10-9-19-8-6-5-7-18(19)3/h5-8,17H,9-16H2,1-4H3,(H,21,22). The first-order valence-electron chi connectivity index (χ1n) is 9.93. The van der Waals surface area contributed by atoms with Crippen LogP contribution in [0.5, 0.6) is 0 Å². The molecule has 2 rings (SSSR count). The average molecular weight is 411 g/mol. The number of hydrogen-bond acceptors (Lipinski definition) is 4. The lowest BCUT2D eigenvalue weighted by molar-refractivity contribution is 0.0904. The van der Waals surface area contributed by atoms with Crippen LogP contribution in [0.3, 0.4) is 0 Å². The second kappa shape index (κ2) is 10.8. The van der Waals surface area contributed by atoms with Crippen LogP contribution in [-0.2, 0) is 21.2 Å². The van der Waals surface area contributed by atoms with Crippen molar-refractivity contribution in [3.8, 4) is 0 Å². The zero-order chi connectivity index (χ0) is 20.6. The smallest absolute Gasteiger partial charge is 0.216 e. The van der Waals surface area contributed by atoms with Gasteiger partial charge in [-0.1, -0.05) is 24.3 Å². The first kappa shape index (κ1) is 22.6. The second-order valence-corrected chi connectivity index (χ2v) is 9.36. The summed E-state index contributed by atoms with van der Waals surface area (Å²) in [6.07, 6.45) is 0.969. The lowest BCUT2D eigenvalue weighted by Crippen LogP contribution is -2.54. The van der Waals surface area contributed by atoms with Gasteiger partial charge in [-0.15, -0.1) is 0 Å². The summed E-state index contributed by atoms with van der Waals surface area (Å²) in [5.74, 6) is 0.864. The highest BCUT2D eigenvalue weighted by Gasteiger charge is 2.27. The third-order valence-corrected chi connectivity index (χ3v) is 6.71. The van der Waals surface area contributed by atoms with E-state index in [1.807, 2.05) is 19.9 Å². The summed E-state index contributed by atoms with van der Waals surface area (Å²) in [6.45, 7) is 9.18. The summed E-state index contributed by atoms with van der Waals surface area (Å²) in [5.41, 5.74) is 2.62. The molecule has 1 N–H and O–H groups in total. The van der Waals surface area contributed by atoms with E-state index in [-0.39, 0.29) is 18.5 Å². The van der Waals surface area contributed by atoms with Crippen molar-refractivity contribution in [3.05, 3.63) is 35.4 Å². The van der Waals surface area contributed by atoms with Crippen molar-refractivity contribution >= 4 is 16.0 Å². The fourth-order valence-electron chi connectivity index (χ4n) is 3.23. The number of nitrogens with one attached hydrogen (secondary N) is 1. The third-order valence-electron chi connectivity index (χ3n) is 4.87. The third kappa shape index (κ3) is 6.76. The molecule has 0 atom stereocenters. The molecule has 158 valence electrons. The summed E-state index contributed by atoms with van der Waals surface area (Å²) < 4.78 is 31.9. The van der Waals surface area contributed by atoms with E-state index < -0.39 is 10.0 Å². The van der Waals surface area contributed by atoms with Gasteiger partial charge >= 0.3 is 0 Å². The molecule has 0 unspecified atom stereocenters. The normalized spacial score (nSPS) is 16.6. The van der Waals surface area contributed by atoms with Gasteiger partial charge < -0.3 is 15.0 Å². The van der Waals surface area contributed by atoms with Crippen molar-refractivity contribution < 1.29 is 13.2 Å². The van der Waals surface area contributed by atoms with E-state index in [2.05, 4.69) is 40.3 Å². The van der Waals surface area contributed by atoms with Crippen LogP contribution in [-0.4, -0.2) is 81.8 Å². The molecule has 1 aliphatic heterocycles. The van der Waals surface area contributed by atoms with Crippen LogP contribution < -0.4 is 5.32 Å². The average Bonchev–Trinajstić information content (AvgIpc) is 2.66. The summed E-state index contributed by atoms with van der Waals surface area (Å²) in [7, 11) is -1.50. The Hall–Kier alpha value is -1.64. The molecule has 1 fully saturated rings. The van der Waals surface area contributed by atoms with Gasteiger partial charge in [-0.25, -0.2) is 8.42 Å². The molecule has 1 saturated heterocycles. The van der Waals surface area contributed by atoms with Gasteiger partial charge in [-0.2, -0.15) is 4.31 Å². The van der Waals surface area contributed by atoms with Gasteiger partial charge in [0.2, 0.25) is 10.0 Å². The van der Waals surface area contributed by atoms with Crippen LogP contribution in [0.25, 0.3) is 0 Å². The van der Waals surface area contributed by atoms with Crippen molar-refractivity contribution in [1.82, 2.24) is 14.5 Å². The topological polar surface area (TPSA) is 74.2 Å². The van der Waals surface area contributed by atoms with Crippen molar-refractivity contribution in [3.63, 3.8) is 0 Å². The lowest BCUT2D eigenvalue weighted by atomic mass is 10.1. The van der Waals surface area contributed by atoms with Crippen LogP contribution in [0.4, 0.5) is 0 Å². The number of piperazine rings is 1. The fourth-order valence-corrected chi connectivity index (χ4v) is 4.51. The molecule has 0 bridgehead atoms. The van der Waals surface area contributed by atoms with Crippen LogP contribution in [0.1, 0.15) is 25.0 Å². The van der Waals surface area contributed by atoms with Gasteiger partial charge in [0.1, 0.15) is 0 Å². The highest BCUT2D eigenvalue weighted by atomic mass is 32.2.